The monoisotopic (exact) mass is 647 g/mol. The number of ether oxygens (including phenoxy) is 2. The van der Waals surface area contributed by atoms with E-state index in [4.69, 9.17) is 18.5 Å². The molecule has 2 atom stereocenters. The zero-order valence-electron chi connectivity index (χ0n) is 28.3. The van der Waals surface area contributed by atoms with Crippen LogP contribution in [0.3, 0.4) is 0 Å². The van der Waals surface area contributed by atoms with Crippen molar-refractivity contribution in [3.05, 3.63) is 0 Å². The number of hydrogen-bond donors (Lipinski definition) is 1. The van der Waals surface area contributed by atoms with Crippen LogP contribution in [0, 0.1) is 0 Å². The molecule has 0 aliphatic carbocycles. The minimum atomic E-state index is -4.29. The van der Waals surface area contributed by atoms with E-state index in [9.17, 15) is 19.0 Å². The van der Waals surface area contributed by atoms with E-state index in [1.54, 1.807) is 0 Å². The fourth-order valence-corrected chi connectivity index (χ4v) is 6.32. The van der Waals surface area contributed by atoms with Crippen LogP contribution in [0.5, 0.6) is 0 Å². The molecule has 10 heteroatoms. The van der Waals surface area contributed by atoms with Crippen LogP contribution in [0.25, 0.3) is 0 Å². The Bertz CT molecular complexity index is 747. The summed E-state index contributed by atoms with van der Waals surface area (Å²) >= 11 is 0. The number of Topliss-reactive ketones (excluding diaryl/α,β-unsaturated/α-hetero) is 1. The molecule has 260 valence electrons. The third-order valence-corrected chi connectivity index (χ3v) is 9.12. The molecule has 0 aromatic carbocycles. The second-order valence-electron chi connectivity index (χ2n) is 12.6. The van der Waals surface area contributed by atoms with Gasteiger partial charge in [-0.2, -0.15) is 0 Å². The van der Waals surface area contributed by atoms with Gasteiger partial charge in [0.15, 0.2) is 0 Å². The van der Waals surface area contributed by atoms with E-state index < -0.39 is 19.9 Å². The van der Waals surface area contributed by atoms with Gasteiger partial charge < -0.3 is 19.3 Å². The van der Waals surface area contributed by atoms with Crippen molar-refractivity contribution < 1.29 is 37.6 Å². The van der Waals surface area contributed by atoms with Crippen LogP contribution in [0.15, 0.2) is 0 Å². The second kappa shape index (κ2) is 28.4. The first-order valence-electron chi connectivity index (χ1n) is 17.9. The lowest BCUT2D eigenvalue weighted by atomic mass is 10.0. The Balaban J connectivity index is 2.10. The van der Waals surface area contributed by atoms with Gasteiger partial charge in [0.1, 0.15) is 18.3 Å². The number of hydrogen-bond acceptors (Lipinski definition) is 8. The Morgan fingerprint density at radius 3 is 1.75 bits per heavy atom. The summed E-state index contributed by atoms with van der Waals surface area (Å²) < 4.78 is 33.5. The number of nitrogens with zero attached hydrogens (tertiary/aromatic N) is 1. The van der Waals surface area contributed by atoms with Crippen LogP contribution < -0.4 is 0 Å². The number of carbonyl (C=O) groups excluding carboxylic acids is 2. The number of unbranched alkanes of at least 4 members (excludes halogenated alkanes) is 17. The summed E-state index contributed by atoms with van der Waals surface area (Å²) in [7, 11) is -4.29. The lowest BCUT2D eigenvalue weighted by Gasteiger charge is -2.20. The third-order valence-electron chi connectivity index (χ3n) is 8.13. The maximum absolute atomic E-state index is 12.3. The number of ketones is 1. The van der Waals surface area contributed by atoms with E-state index >= 15 is 0 Å². The quantitative estimate of drug-likeness (QED) is 0.0332. The van der Waals surface area contributed by atoms with Crippen molar-refractivity contribution in [2.75, 3.05) is 46.1 Å². The fourth-order valence-electron chi connectivity index (χ4n) is 5.53. The molecular weight excluding hydrogens is 581 g/mol. The average molecular weight is 648 g/mol. The Labute approximate surface area is 269 Å². The molecule has 0 aromatic rings. The normalized spacial score (nSPS) is 15.8. The first kappa shape index (κ1) is 41.2. The SMILES string of the molecule is CCCCCCCCCCCCCCCCCCOCC(COP(=O)(O)OCCCCCN1CCCC1)OC(=O)CC(C)=O. The van der Waals surface area contributed by atoms with Crippen molar-refractivity contribution in [2.45, 2.75) is 161 Å². The van der Waals surface area contributed by atoms with Gasteiger partial charge in [-0.15, -0.1) is 0 Å². The minimum Gasteiger partial charge on any atom is -0.457 e. The van der Waals surface area contributed by atoms with Crippen LogP contribution in [-0.4, -0.2) is 73.7 Å². The predicted octanol–water partition coefficient (Wildman–Crippen LogP) is 8.56. The fraction of sp³-hybridized carbons (Fsp3) is 0.941. The Morgan fingerprint density at radius 1 is 0.705 bits per heavy atom. The topological polar surface area (TPSA) is 112 Å². The van der Waals surface area contributed by atoms with Gasteiger partial charge >= 0.3 is 13.8 Å². The Hall–Kier alpha value is -0.830. The molecule has 0 aromatic heterocycles. The summed E-state index contributed by atoms with van der Waals surface area (Å²) in [4.78, 5) is 35.8. The van der Waals surface area contributed by atoms with Gasteiger partial charge in [-0.05, 0) is 65.1 Å². The number of esters is 1. The molecule has 44 heavy (non-hydrogen) atoms. The number of phosphoric acid groups is 1. The van der Waals surface area contributed by atoms with E-state index in [1.807, 2.05) is 0 Å². The Kier molecular flexibility index (Phi) is 26.6. The summed E-state index contributed by atoms with van der Waals surface area (Å²) in [5.74, 6) is -1.02. The maximum Gasteiger partial charge on any atom is 0.472 e. The predicted molar refractivity (Wildman–Crippen MR) is 177 cm³/mol. The van der Waals surface area contributed by atoms with Crippen molar-refractivity contribution in [3.8, 4) is 0 Å². The molecule has 0 amide bonds. The highest BCUT2D eigenvalue weighted by atomic mass is 31.2. The molecule has 9 nitrogen and oxygen atoms in total. The highest BCUT2D eigenvalue weighted by Crippen LogP contribution is 2.43. The molecule has 1 fully saturated rings. The molecular formula is C34H66NO8P. The van der Waals surface area contributed by atoms with Gasteiger partial charge in [0.25, 0.3) is 0 Å². The smallest absolute Gasteiger partial charge is 0.457 e. The molecule has 1 N–H and O–H groups in total. The summed E-state index contributed by atoms with van der Waals surface area (Å²) in [6.45, 7) is 7.27. The Morgan fingerprint density at radius 2 is 1.20 bits per heavy atom. The van der Waals surface area contributed by atoms with Crippen molar-refractivity contribution in [1.82, 2.24) is 4.90 Å². The molecule has 0 saturated carbocycles. The lowest BCUT2D eigenvalue weighted by Crippen LogP contribution is -2.29. The lowest BCUT2D eigenvalue weighted by molar-refractivity contribution is -0.155. The highest BCUT2D eigenvalue weighted by Gasteiger charge is 2.25. The molecule has 0 bridgehead atoms. The summed E-state index contributed by atoms with van der Waals surface area (Å²) in [6.07, 6.45) is 24.7. The minimum absolute atomic E-state index is 0.0267. The maximum atomic E-state index is 12.3. The van der Waals surface area contributed by atoms with Crippen molar-refractivity contribution >= 4 is 19.6 Å². The van der Waals surface area contributed by atoms with Crippen LogP contribution in [0.1, 0.15) is 155 Å². The van der Waals surface area contributed by atoms with E-state index in [0.717, 1.165) is 45.3 Å². The van der Waals surface area contributed by atoms with Gasteiger partial charge in [-0.25, -0.2) is 4.57 Å². The first-order chi connectivity index (χ1) is 21.3. The number of rotatable bonds is 32. The van der Waals surface area contributed by atoms with Gasteiger partial charge in [-0.3, -0.25) is 18.6 Å². The largest absolute Gasteiger partial charge is 0.472 e. The number of carbonyl (C=O) groups is 2. The molecule has 0 spiro atoms. The van der Waals surface area contributed by atoms with Gasteiger partial charge in [-0.1, -0.05) is 103 Å². The molecule has 1 aliphatic rings. The van der Waals surface area contributed by atoms with Crippen LogP contribution in [0.4, 0.5) is 0 Å². The van der Waals surface area contributed by atoms with Crippen molar-refractivity contribution in [1.29, 1.82) is 0 Å². The zero-order valence-corrected chi connectivity index (χ0v) is 29.2. The van der Waals surface area contributed by atoms with Crippen LogP contribution >= 0.6 is 7.82 Å². The van der Waals surface area contributed by atoms with E-state index in [0.29, 0.717) is 13.0 Å². The number of likely N-dealkylation sites (tertiary alicyclic amines) is 1. The molecule has 1 saturated heterocycles. The average Bonchev–Trinajstić information content (AvgIpc) is 3.50. The summed E-state index contributed by atoms with van der Waals surface area (Å²) in [6, 6.07) is 0. The second-order valence-corrected chi connectivity index (χ2v) is 14.0. The number of phosphoric ester groups is 1. The molecule has 0 radical (unpaired) electrons. The first-order valence-corrected chi connectivity index (χ1v) is 19.4. The van der Waals surface area contributed by atoms with E-state index in [1.165, 1.54) is 110 Å². The van der Waals surface area contributed by atoms with Gasteiger partial charge in [0.2, 0.25) is 0 Å². The zero-order chi connectivity index (χ0) is 32.1. The van der Waals surface area contributed by atoms with Gasteiger partial charge in [0, 0.05) is 6.61 Å². The molecule has 1 heterocycles. The molecule has 1 aliphatic heterocycles. The summed E-state index contributed by atoms with van der Waals surface area (Å²) in [5, 5.41) is 0. The third kappa shape index (κ3) is 26.4. The van der Waals surface area contributed by atoms with Gasteiger partial charge in [0.05, 0.1) is 19.8 Å². The van der Waals surface area contributed by atoms with E-state index in [2.05, 4.69) is 11.8 Å². The standard InChI is InChI=1S/C34H66NO8P/c1-3-4-5-6-7-8-9-10-11-12-13-14-15-16-17-22-27-40-30-33(43-34(37)29-32(2)36)31-42-44(38,39)41-28-23-18-19-24-35-25-20-21-26-35/h33H,3-31H2,1-2H3,(H,38,39). The van der Waals surface area contributed by atoms with Crippen LogP contribution in [0.2, 0.25) is 0 Å². The van der Waals surface area contributed by atoms with Crippen molar-refractivity contribution in [3.63, 3.8) is 0 Å². The molecule has 1 rings (SSSR count). The summed E-state index contributed by atoms with van der Waals surface area (Å²) in [5.41, 5.74) is 0. The van der Waals surface area contributed by atoms with E-state index in [-0.39, 0.29) is 32.0 Å². The van der Waals surface area contributed by atoms with Crippen molar-refractivity contribution in [2.24, 2.45) is 0 Å². The highest BCUT2D eigenvalue weighted by molar-refractivity contribution is 7.47. The van der Waals surface area contributed by atoms with Crippen LogP contribution in [-0.2, 0) is 32.7 Å². The molecule has 2 unspecified atom stereocenters.